The summed E-state index contributed by atoms with van der Waals surface area (Å²) < 4.78 is 7.47. The van der Waals surface area contributed by atoms with E-state index >= 15 is 0 Å². The van der Waals surface area contributed by atoms with Gasteiger partial charge in [0, 0.05) is 29.9 Å². The molecule has 0 radical (unpaired) electrons. The second-order valence-electron chi connectivity index (χ2n) is 4.73. The molecule has 112 valence electrons. The molecule has 0 aliphatic carbocycles. The highest BCUT2D eigenvalue weighted by Crippen LogP contribution is 2.21. The van der Waals surface area contributed by atoms with Gasteiger partial charge >= 0.3 is 0 Å². The minimum Gasteiger partial charge on any atom is -0.496 e. The Morgan fingerprint density at radius 1 is 1.48 bits per heavy atom. The number of nitrogens with two attached hydrogens (primary N) is 1. The van der Waals surface area contributed by atoms with E-state index < -0.39 is 0 Å². The molecule has 0 spiro atoms. The third-order valence-electron chi connectivity index (χ3n) is 3.30. The second-order valence-corrected chi connectivity index (χ2v) is 4.73. The van der Waals surface area contributed by atoms with Crippen molar-refractivity contribution in [2.75, 3.05) is 7.11 Å². The Morgan fingerprint density at radius 2 is 2.29 bits per heavy atom. The molecule has 6 heteroatoms. The van der Waals surface area contributed by atoms with Crippen LogP contribution in [0.15, 0.2) is 35.7 Å². The van der Waals surface area contributed by atoms with Gasteiger partial charge in [-0.15, -0.1) is 0 Å². The van der Waals surface area contributed by atoms with Crippen LogP contribution in [0.4, 0.5) is 0 Å². The fraction of sp³-hybridized carbons (Fsp3) is 0.333. The third-order valence-corrected chi connectivity index (χ3v) is 3.30. The molecule has 3 N–H and O–H groups in total. The maximum Gasteiger partial charge on any atom is 0.170 e. The Labute approximate surface area is 123 Å². The van der Waals surface area contributed by atoms with Gasteiger partial charge in [0.15, 0.2) is 5.84 Å². The van der Waals surface area contributed by atoms with Crippen molar-refractivity contribution in [1.82, 2.24) is 9.55 Å². The number of rotatable bonds is 6. The Kier molecular flexibility index (Phi) is 4.81. The van der Waals surface area contributed by atoms with Crippen molar-refractivity contribution in [1.29, 1.82) is 0 Å². The lowest BCUT2D eigenvalue weighted by Gasteiger charge is -2.13. The highest BCUT2D eigenvalue weighted by molar-refractivity contribution is 5.97. The smallest absolute Gasteiger partial charge is 0.170 e. The Hall–Kier alpha value is -2.50. The first kappa shape index (κ1) is 14.9. The van der Waals surface area contributed by atoms with Gasteiger partial charge in [-0.05, 0) is 24.6 Å². The summed E-state index contributed by atoms with van der Waals surface area (Å²) in [5.41, 5.74) is 7.26. The molecule has 0 aliphatic heterocycles. The molecule has 1 aromatic carbocycles. The molecule has 0 aliphatic rings. The highest BCUT2D eigenvalue weighted by atomic mass is 16.5. The number of ether oxygens (including phenoxy) is 1. The van der Waals surface area contributed by atoms with Gasteiger partial charge in [-0.1, -0.05) is 12.1 Å². The molecular weight excluding hydrogens is 268 g/mol. The van der Waals surface area contributed by atoms with Crippen LogP contribution in [0.2, 0.25) is 0 Å². The monoisotopic (exact) mass is 288 g/mol. The van der Waals surface area contributed by atoms with Gasteiger partial charge in [0.2, 0.25) is 0 Å². The van der Waals surface area contributed by atoms with Gasteiger partial charge < -0.3 is 20.2 Å². The van der Waals surface area contributed by atoms with Crippen LogP contribution in [0.1, 0.15) is 30.3 Å². The first-order chi connectivity index (χ1) is 10.2. The molecular formula is C15H20N4O2. The zero-order valence-corrected chi connectivity index (χ0v) is 12.3. The van der Waals surface area contributed by atoms with Gasteiger partial charge in [-0.25, -0.2) is 4.98 Å². The van der Waals surface area contributed by atoms with E-state index in [0.717, 1.165) is 30.0 Å². The number of benzene rings is 1. The van der Waals surface area contributed by atoms with Crippen molar-refractivity contribution in [3.05, 3.63) is 47.5 Å². The Bertz CT molecular complexity index is 634. The van der Waals surface area contributed by atoms with Gasteiger partial charge in [0.05, 0.1) is 13.7 Å². The summed E-state index contributed by atoms with van der Waals surface area (Å²) in [6, 6.07) is 5.45. The summed E-state index contributed by atoms with van der Waals surface area (Å²) in [7, 11) is 1.63. The van der Waals surface area contributed by atoms with E-state index in [1.165, 1.54) is 0 Å². The number of methoxy groups -OCH3 is 1. The predicted molar refractivity (Wildman–Crippen MR) is 80.8 cm³/mol. The largest absolute Gasteiger partial charge is 0.496 e. The fourth-order valence-electron chi connectivity index (χ4n) is 2.24. The SMILES string of the molecule is CCCc1nccn1Cc1cc(/C(N)=N/O)ccc1OC. The minimum atomic E-state index is 0.0818. The number of hydrogen-bond donors (Lipinski definition) is 2. The normalized spacial score (nSPS) is 11.6. The number of aryl methyl sites for hydroxylation is 1. The number of aromatic nitrogens is 2. The number of oxime groups is 1. The van der Waals surface area contributed by atoms with Crippen molar-refractivity contribution in [3.63, 3.8) is 0 Å². The molecule has 0 atom stereocenters. The molecule has 0 unspecified atom stereocenters. The third kappa shape index (κ3) is 3.34. The van der Waals surface area contributed by atoms with Gasteiger partial charge in [0.25, 0.3) is 0 Å². The first-order valence-corrected chi connectivity index (χ1v) is 6.84. The van der Waals surface area contributed by atoms with Crippen LogP contribution in [-0.4, -0.2) is 27.7 Å². The topological polar surface area (TPSA) is 85.7 Å². The average Bonchev–Trinajstić information content (AvgIpc) is 2.94. The van der Waals surface area contributed by atoms with E-state index in [1.54, 1.807) is 19.4 Å². The van der Waals surface area contributed by atoms with E-state index in [-0.39, 0.29) is 5.84 Å². The summed E-state index contributed by atoms with van der Waals surface area (Å²) >= 11 is 0. The molecule has 2 rings (SSSR count). The summed E-state index contributed by atoms with van der Waals surface area (Å²) in [6.45, 7) is 2.75. The zero-order valence-electron chi connectivity index (χ0n) is 12.3. The summed E-state index contributed by atoms with van der Waals surface area (Å²) in [5.74, 6) is 1.88. The molecule has 6 nitrogen and oxygen atoms in total. The second kappa shape index (κ2) is 6.78. The van der Waals surface area contributed by atoms with Crippen LogP contribution in [0.25, 0.3) is 0 Å². The summed E-state index contributed by atoms with van der Waals surface area (Å²) in [4.78, 5) is 4.37. The van der Waals surface area contributed by atoms with Crippen molar-refractivity contribution < 1.29 is 9.94 Å². The van der Waals surface area contributed by atoms with Gasteiger partial charge in [-0.2, -0.15) is 0 Å². The molecule has 0 saturated heterocycles. The van der Waals surface area contributed by atoms with Gasteiger partial charge in [-0.3, -0.25) is 0 Å². The van der Waals surface area contributed by atoms with Crippen molar-refractivity contribution in [3.8, 4) is 5.75 Å². The maximum absolute atomic E-state index is 8.79. The van der Waals surface area contributed by atoms with Crippen molar-refractivity contribution >= 4 is 5.84 Å². The molecule has 0 bridgehead atoms. The summed E-state index contributed by atoms with van der Waals surface area (Å²) in [6.07, 6.45) is 5.71. The van der Waals surface area contributed by atoms with Crippen molar-refractivity contribution in [2.45, 2.75) is 26.3 Å². The lowest BCUT2D eigenvalue weighted by Crippen LogP contribution is -2.14. The molecule has 0 amide bonds. The number of nitrogens with zero attached hydrogens (tertiary/aromatic N) is 3. The molecule has 2 aromatic rings. The predicted octanol–water partition coefficient (Wildman–Crippen LogP) is 1.99. The van der Waals surface area contributed by atoms with Gasteiger partial charge in [0.1, 0.15) is 11.6 Å². The number of amidine groups is 1. The number of hydrogen-bond acceptors (Lipinski definition) is 4. The molecule has 1 aromatic heterocycles. The summed E-state index contributed by atoms with van der Waals surface area (Å²) in [5, 5.41) is 11.8. The lowest BCUT2D eigenvalue weighted by atomic mass is 10.1. The Morgan fingerprint density at radius 3 is 2.95 bits per heavy atom. The lowest BCUT2D eigenvalue weighted by molar-refractivity contribution is 0.318. The highest BCUT2D eigenvalue weighted by Gasteiger charge is 2.10. The van der Waals surface area contributed by atoms with Crippen molar-refractivity contribution in [2.24, 2.45) is 10.9 Å². The van der Waals surface area contributed by atoms with E-state index in [1.807, 2.05) is 18.3 Å². The quantitative estimate of drug-likeness (QED) is 0.368. The van der Waals surface area contributed by atoms with Crippen LogP contribution in [-0.2, 0) is 13.0 Å². The zero-order chi connectivity index (χ0) is 15.2. The van der Waals surface area contributed by atoms with Crippen LogP contribution in [0.3, 0.4) is 0 Å². The van der Waals surface area contributed by atoms with Crippen LogP contribution in [0.5, 0.6) is 5.75 Å². The fourth-order valence-corrected chi connectivity index (χ4v) is 2.24. The molecule has 0 saturated carbocycles. The standard InChI is InChI=1S/C15H20N4O2/c1-3-4-14-17-7-8-19(14)10-12-9-11(15(16)18-20)5-6-13(12)21-2/h5-9,20H,3-4,10H2,1-2H3,(H2,16,18). The molecule has 21 heavy (non-hydrogen) atoms. The number of imidazole rings is 1. The first-order valence-electron chi connectivity index (χ1n) is 6.84. The van der Waals surface area contributed by atoms with E-state index in [4.69, 9.17) is 15.7 Å². The van der Waals surface area contributed by atoms with Crippen LogP contribution < -0.4 is 10.5 Å². The van der Waals surface area contributed by atoms with E-state index in [2.05, 4.69) is 21.6 Å². The van der Waals surface area contributed by atoms with E-state index in [0.29, 0.717) is 12.1 Å². The Balaban J connectivity index is 2.35. The molecule has 1 heterocycles. The van der Waals surface area contributed by atoms with Crippen LogP contribution in [0, 0.1) is 0 Å². The van der Waals surface area contributed by atoms with Crippen LogP contribution >= 0.6 is 0 Å². The average molecular weight is 288 g/mol. The maximum atomic E-state index is 8.79. The minimum absolute atomic E-state index is 0.0818. The molecule has 0 fully saturated rings. The van der Waals surface area contributed by atoms with E-state index in [9.17, 15) is 0 Å².